The summed E-state index contributed by atoms with van der Waals surface area (Å²) >= 11 is 0. The van der Waals surface area contributed by atoms with Crippen molar-refractivity contribution in [2.75, 3.05) is 0 Å². The fraction of sp³-hybridized carbons (Fsp3) is 0.105. The van der Waals surface area contributed by atoms with Crippen LogP contribution in [0.5, 0.6) is 0 Å². The Labute approximate surface area is 146 Å². The Balaban J connectivity index is 1.93. The molecule has 2 heterocycles. The number of para-hydroxylation sites is 1. The number of hydrogen-bond acceptors (Lipinski definition) is 3. The summed E-state index contributed by atoms with van der Waals surface area (Å²) < 4.78 is 29.3. The number of nitrogens with zero attached hydrogens (tertiary/aromatic N) is 3. The normalized spacial score (nSPS) is 11.9. The minimum absolute atomic E-state index is 0.248. The van der Waals surface area contributed by atoms with Crippen molar-refractivity contribution < 1.29 is 8.42 Å². The lowest BCUT2D eigenvalue weighted by atomic mass is 10.2. The summed E-state index contributed by atoms with van der Waals surface area (Å²) in [5, 5.41) is 0.969. The summed E-state index contributed by atoms with van der Waals surface area (Å²) in [7, 11) is -1.77. The van der Waals surface area contributed by atoms with Crippen LogP contribution in [0.3, 0.4) is 0 Å². The van der Waals surface area contributed by atoms with Gasteiger partial charge in [0.25, 0.3) is 10.0 Å². The van der Waals surface area contributed by atoms with Crippen LogP contribution < -0.4 is 0 Å². The number of fused-ring (bicyclic) bond motifs is 1. The van der Waals surface area contributed by atoms with Gasteiger partial charge in [-0.2, -0.15) is 0 Å². The molecule has 0 N–H and O–H groups in total. The number of aromatic nitrogens is 3. The third-order valence-corrected chi connectivity index (χ3v) is 6.00. The van der Waals surface area contributed by atoms with Gasteiger partial charge >= 0.3 is 0 Å². The van der Waals surface area contributed by atoms with Gasteiger partial charge in [-0.15, -0.1) is 0 Å². The fourth-order valence-corrected chi connectivity index (χ4v) is 4.31. The van der Waals surface area contributed by atoms with Crippen LogP contribution in [0.4, 0.5) is 0 Å². The molecule has 0 aliphatic heterocycles. The number of benzene rings is 2. The van der Waals surface area contributed by atoms with Crippen molar-refractivity contribution in [1.29, 1.82) is 0 Å². The molecular formula is C19H17N3O2S. The number of rotatable bonds is 3. The quantitative estimate of drug-likeness (QED) is 0.567. The molecule has 126 valence electrons. The van der Waals surface area contributed by atoms with Gasteiger partial charge in [0.2, 0.25) is 0 Å². The molecule has 0 unspecified atom stereocenters. The number of aryl methyl sites for hydroxylation is 2. The molecule has 0 saturated carbocycles. The van der Waals surface area contributed by atoms with E-state index < -0.39 is 10.0 Å². The molecule has 6 heteroatoms. The summed E-state index contributed by atoms with van der Waals surface area (Å²) in [5.74, 6) is 0.414. The topological polar surface area (TPSA) is 56.9 Å². The van der Waals surface area contributed by atoms with Crippen molar-refractivity contribution in [3.63, 3.8) is 0 Å². The summed E-state index contributed by atoms with van der Waals surface area (Å²) in [5.41, 5.74) is 2.83. The molecule has 0 fully saturated rings. The van der Waals surface area contributed by atoms with Gasteiger partial charge in [-0.05, 0) is 25.1 Å². The maximum atomic E-state index is 13.1. The molecule has 2 aromatic heterocycles. The molecule has 4 aromatic rings. The summed E-state index contributed by atoms with van der Waals surface area (Å²) in [4.78, 5) is 4.58. The second-order valence-corrected chi connectivity index (χ2v) is 7.85. The molecule has 0 aliphatic carbocycles. The summed E-state index contributed by atoms with van der Waals surface area (Å²) in [6, 6.07) is 14.7. The minimum atomic E-state index is -3.71. The highest BCUT2D eigenvalue weighted by Gasteiger charge is 2.22. The third kappa shape index (κ3) is 2.46. The second kappa shape index (κ2) is 5.60. The van der Waals surface area contributed by atoms with Crippen LogP contribution in [0.25, 0.3) is 22.3 Å². The molecule has 25 heavy (non-hydrogen) atoms. The van der Waals surface area contributed by atoms with Gasteiger partial charge < -0.3 is 4.57 Å². The Kier molecular flexibility index (Phi) is 3.51. The number of imidazole rings is 1. The van der Waals surface area contributed by atoms with E-state index in [1.165, 1.54) is 16.4 Å². The number of hydrogen-bond donors (Lipinski definition) is 0. The van der Waals surface area contributed by atoms with E-state index >= 15 is 0 Å². The molecule has 2 aromatic carbocycles. The summed E-state index contributed by atoms with van der Waals surface area (Å²) in [6.45, 7) is 1.93. The fourth-order valence-electron chi connectivity index (χ4n) is 3.02. The molecule has 0 atom stereocenters. The predicted molar refractivity (Wildman–Crippen MR) is 97.9 cm³/mol. The van der Waals surface area contributed by atoms with E-state index in [-0.39, 0.29) is 4.90 Å². The first-order chi connectivity index (χ1) is 12.0. The van der Waals surface area contributed by atoms with Crippen molar-refractivity contribution in [1.82, 2.24) is 13.5 Å². The van der Waals surface area contributed by atoms with E-state index in [4.69, 9.17) is 0 Å². The monoisotopic (exact) mass is 351 g/mol. The van der Waals surface area contributed by atoms with Crippen LogP contribution in [0, 0.1) is 6.92 Å². The van der Waals surface area contributed by atoms with Crippen LogP contribution >= 0.6 is 0 Å². The van der Waals surface area contributed by atoms with Gasteiger partial charge in [0.1, 0.15) is 0 Å². The van der Waals surface area contributed by atoms with Crippen molar-refractivity contribution in [3.8, 4) is 11.4 Å². The molecular weight excluding hydrogens is 334 g/mol. The lowest BCUT2D eigenvalue weighted by Crippen LogP contribution is -2.13. The van der Waals surface area contributed by atoms with Gasteiger partial charge in [0.05, 0.1) is 4.90 Å². The molecule has 5 nitrogen and oxygen atoms in total. The highest BCUT2D eigenvalue weighted by molar-refractivity contribution is 7.90. The Morgan fingerprint density at radius 1 is 1.00 bits per heavy atom. The first kappa shape index (κ1) is 15.7. The molecule has 4 rings (SSSR count). The van der Waals surface area contributed by atoms with Gasteiger partial charge in [-0.3, -0.25) is 0 Å². The smallest absolute Gasteiger partial charge is 0.269 e. The highest BCUT2D eigenvalue weighted by atomic mass is 32.2. The lowest BCUT2D eigenvalue weighted by molar-refractivity contribution is 0.588. The van der Waals surface area contributed by atoms with Crippen LogP contribution in [0.1, 0.15) is 5.56 Å². The highest BCUT2D eigenvalue weighted by Crippen LogP contribution is 2.30. The van der Waals surface area contributed by atoms with Crippen LogP contribution in [-0.2, 0) is 17.1 Å². The average molecular weight is 351 g/mol. The van der Waals surface area contributed by atoms with E-state index in [2.05, 4.69) is 4.98 Å². The van der Waals surface area contributed by atoms with Gasteiger partial charge in [-0.1, -0.05) is 35.9 Å². The van der Waals surface area contributed by atoms with E-state index in [1.807, 2.05) is 49.0 Å². The van der Waals surface area contributed by atoms with Crippen molar-refractivity contribution in [2.45, 2.75) is 11.8 Å². The molecule has 0 radical (unpaired) electrons. The molecule has 0 saturated heterocycles. The van der Waals surface area contributed by atoms with Crippen LogP contribution in [0.2, 0.25) is 0 Å². The van der Waals surface area contributed by atoms with Crippen molar-refractivity contribution >= 4 is 20.9 Å². The SMILES string of the molecule is Cc1ccc(S(=O)(=O)n2ccnc2-c2cn(C)c3ccccc23)cc1. The Morgan fingerprint density at radius 3 is 2.48 bits per heavy atom. The van der Waals surface area contributed by atoms with Gasteiger partial charge in [0.15, 0.2) is 5.82 Å². The maximum Gasteiger partial charge on any atom is 0.269 e. The van der Waals surface area contributed by atoms with Crippen molar-refractivity contribution in [3.05, 3.63) is 72.7 Å². The average Bonchev–Trinajstić information content (AvgIpc) is 3.21. The lowest BCUT2D eigenvalue weighted by Gasteiger charge is -2.09. The molecule has 0 spiro atoms. The van der Waals surface area contributed by atoms with E-state index in [9.17, 15) is 8.42 Å². The van der Waals surface area contributed by atoms with E-state index in [0.717, 1.165) is 22.0 Å². The second-order valence-electron chi connectivity index (χ2n) is 6.04. The van der Waals surface area contributed by atoms with Gasteiger partial charge in [-0.25, -0.2) is 17.4 Å². The van der Waals surface area contributed by atoms with Crippen LogP contribution in [0.15, 0.2) is 72.0 Å². The Morgan fingerprint density at radius 2 is 1.72 bits per heavy atom. The Hall–Kier alpha value is -2.86. The molecule has 0 bridgehead atoms. The maximum absolute atomic E-state index is 13.1. The first-order valence-electron chi connectivity index (χ1n) is 7.88. The van der Waals surface area contributed by atoms with Gasteiger partial charge in [0, 0.05) is 42.1 Å². The van der Waals surface area contributed by atoms with Crippen molar-refractivity contribution in [2.24, 2.45) is 7.05 Å². The predicted octanol–water partition coefficient (Wildman–Crippen LogP) is 3.59. The van der Waals surface area contributed by atoms with Crippen LogP contribution in [-0.4, -0.2) is 21.9 Å². The summed E-state index contributed by atoms with van der Waals surface area (Å²) in [6.07, 6.45) is 4.92. The first-order valence-corrected chi connectivity index (χ1v) is 9.32. The molecule has 0 aliphatic rings. The zero-order chi connectivity index (χ0) is 17.6. The third-order valence-electron chi connectivity index (χ3n) is 4.32. The van der Waals surface area contributed by atoms with E-state index in [0.29, 0.717) is 5.82 Å². The minimum Gasteiger partial charge on any atom is -0.350 e. The van der Waals surface area contributed by atoms with E-state index in [1.54, 1.807) is 24.3 Å². The standard InChI is InChI=1S/C19H17N3O2S/c1-14-7-9-15(10-8-14)25(23,24)22-12-11-20-19(22)17-13-21(2)18-6-4-3-5-16(17)18/h3-13H,1-2H3. The Bertz CT molecular complexity index is 1170. The molecule has 0 amide bonds. The zero-order valence-electron chi connectivity index (χ0n) is 13.9. The zero-order valence-corrected chi connectivity index (χ0v) is 14.7. The largest absolute Gasteiger partial charge is 0.350 e.